The molecule has 0 amide bonds. The molecule has 0 aliphatic heterocycles. The van der Waals surface area contributed by atoms with Crippen molar-refractivity contribution in [1.29, 1.82) is 5.26 Å². The summed E-state index contributed by atoms with van der Waals surface area (Å²) in [4.78, 5) is 11.1. The minimum Gasteiger partial charge on any atom is -0.480 e. The van der Waals surface area contributed by atoms with Gasteiger partial charge in [-0.15, -0.1) is 0 Å². The van der Waals surface area contributed by atoms with Crippen molar-refractivity contribution < 1.29 is 18.3 Å². The molecule has 2 N–H and O–H groups in total. The number of nitriles is 1. The number of carbonyl (C=O) groups is 1. The molecule has 0 fully saturated rings. The van der Waals surface area contributed by atoms with Crippen LogP contribution in [0.1, 0.15) is 26.3 Å². The molecule has 1 atom stereocenters. The van der Waals surface area contributed by atoms with Crippen LogP contribution in [0.4, 0.5) is 0 Å². The van der Waals surface area contributed by atoms with Crippen LogP contribution < -0.4 is 4.72 Å². The van der Waals surface area contributed by atoms with Gasteiger partial charge in [0, 0.05) is 0 Å². The lowest BCUT2D eigenvalue weighted by atomic mass is 9.88. The first-order chi connectivity index (χ1) is 9.08. The maximum absolute atomic E-state index is 12.1. The summed E-state index contributed by atoms with van der Waals surface area (Å²) in [6, 6.07) is 5.89. The molecule has 0 saturated carbocycles. The van der Waals surface area contributed by atoms with Gasteiger partial charge in [-0.2, -0.15) is 9.98 Å². The Kier molecular flexibility index (Phi) is 4.53. The van der Waals surface area contributed by atoms with Gasteiger partial charge < -0.3 is 5.11 Å². The predicted octanol–water partition coefficient (Wildman–Crippen LogP) is 1.34. The minimum atomic E-state index is -3.95. The summed E-state index contributed by atoms with van der Waals surface area (Å²) in [5.41, 5.74) is -0.444. The van der Waals surface area contributed by atoms with Gasteiger partial charge in [-0.25, -0.2) is 8.42 Å². The maximum Gasteiger partial charge on any atom is 0.322 e. The Morgan fingerprint density at radius 3 is 2.15 bits per heavy atom. The van der Waals surface area contributed by atoms with E-state index in [2.05, 4.69) is 4.72 Å². The monoisotopic (exact) mass is 296 g/mol. The number of sulfonamides is 1. The van der Waals surface area contributed by atoms with E-state index in [0.29, 0.717) is 5.56 Å². The zero-order chi connectivity index (χ0) is 15.6. The van der Waals surface area contributed by atoms with Crippen LogP contribution >= 0.6 is 0 Å². The van der Waals surface area contributed by atoms with E-state index in [1.807, 2.05) is 6.07 Å². The van der Waals surface area contributed by atoms with Crippen LogP contribution in [0.2, 0.25) is 0 Å². The van der Waals surface area contributed by atoms with Crippen LogP contribution in [0.25, 0.3) is 0 Å². The lowest BCUT2D eigenvalue weighted by Gasteiger charge is -2.27. The maximum atomic E-state index is 12.1. The van der Waals surface area contributed by atoms with E-state index in [4.69, 9.17) is 10.4 Å². The van der Waals surface area contributed by atoms with E-state index >= 15 is 0 Å². The van der Waals surface area contributed by atoms with Crippen molar-refractivity contribution in [2.45, 2.75) is 31.7 Å². The molecule has 0 spiro atoms. The minimum absolute atomic E-state index is 0.0769. The molecule has 0 aromatic heterocycles. The summed E-state index contributed by atoms with van der Waals surface area (Å²) >= 11 is 0. The highest BCUT2D eigenvalue weighted by Gasteiger charge is 2.35. The summed E-state index contributed by atoms with van der Waals surface area (Å²) in [5, 5.41) is 17.8. The average molecular weight is 296 g/mol. The molecule has 1 rings (SSSR count). The molecule has 20 heavy (non-hydrogen) atoms. The second-order valence-corrected chi connectivity index (χ2v) is 7.11. The molecule has 0 aliphatic carbocycles. The van der Waals surface area contributed by atoms with Crippen molar-refractivity contribution in [1.82, 2.24) is 4.72 Å². The molecule has 0 unspecified atom stereocenters. The molecule has 6 nitrogen and oxygen atoms in total. The van der Waals surface area contributed by atoms with Gasteiger partial charge in [-0.05, 0) is 29.7 Å². The van der Waals surface area contributed by atoms with Gasteiger partial charge in [0.2, 0.25) is 10.0 Å². The third kappa shape index (κ3) is 3.79. The van der Waals surface area contributed by atoms with Crippen LogP contribution in [0, 0.1) is 16.7 Å². The van der Waals surface area contributed by atoms with Gasteiger partial charge in [0.05, 0.1) is 16.5 Å². The van der Waals surface area contributed by atoms with Crippen molar-refractivity contribution in [3.8, 4) is 6.07 Å². The molecule has 0 bridgehead atoms. The average Bonchev–Trinajstić information content (AvgIpc) is 2.34. The van der Waals surface area contributed by atoms with Crippen LogP contribution in [0.5, 0.6) is 0 Å². The Balaban J connectivity index is 3.10. The topological polar surface area (TPSA) is 107 Å². The van der Waals surface area contributed by atoms with Crippen molar-refractivity contribution in [3.63, 3.8) is 0 Å². The van der Waals surface area contributed by atoms with Gasteiger partial charge in [0.25, 0.3) is 0 Å². The van der Waals surface area contributed by atoms with Crippen molar-refractivity contribution in [2.24, 2.45) is 5.41 Å². The quantitative estimate of drug-likeness (QED) is 0.871. The summed E-state index contributed by atoms with van der Waals surface area (Å²) in [7, 11) is -3.95. The Morgan fingerprint density at radius 1 is 1.30 bits per heavy atom. The van der Waals surface area contributed by atoms with E-state index in [9.17, 15) is 13.2 Å². The SMILES string of the molecule is CC(C)(C)[C@H](NS(=O)(=O)c1ccc(C#N)cc1)C(=O)O. The lowest BCUT2D eigenvalue weighted by Crippen LogP contribution is -2.48. The molecular formula is C13H16N2O4S. The van der Waals surface area contributed by atoms with Gasteiger partial charge in [0.15, 0.2) is 0 Å². The first-order valence-electron chi connectivity index (χ1n) is 5.83. The summed E-state index contributed by atoms with van der Waals surface area (Å²) < 4.78 is 26.4. The smallest absolute Gasteiger partial charge is 0.322 e. The fraction of sp³-hybridized carbons (Fsp3) is 0.385. The fourth-order valence-electron chi connectivity index (χ4n) is 1.53. The molecule has 108 valence electrons. The first-order valence-corrected chi connectivity index (χ1v) is 7.31. The van der Waals surface area contributed by atoms with E-state index in [1.165, 1.54) is 24.3 Å². The molecule has 1 aromatic rings. The van der Waals surface area contributed by atoms with Gasteiger partial charge in [-0.1, -0.05) is 20.8 Å². The standard InChI is InChI=1S/C13H16N2O4S/c1-13(2,3)11(12(16)17)15-20(18,19)10-6-4-9(8-14)5-7-10/h4-7,11,15H,1-3H3,(H,16,17)/t11-/m1/s1. The Hall–Kier alpha value is -1.91. The summed E-state index contributed by atoms with van der Waals surface area (Å²) in [5.74, 6) is -1.24. The summed E-state index contributed by atoms with van der Waals surface area (Å²) in [6.45, 7) is 4.90. The first kappa shape index (κ1) is 16.1. The second-order valence-electron chi connectivity index (χ2n) is 5.39. The predicted molar refractivity (Wildman–Crippen MR) is 72.4 cm³/mol. The zero-order valence-electron chi connectivity index (χ0n) is 11.4. The second kappa shape index (κ2) is 5.61. The van der Waals surface area contributed by atoms with E-state index in [1.54, 1.807) is 20.8 Å². The molecule has 7 heteroatoms. The van der Waals surface area contributed by atoms with Gasteiger partial charge in [0.1, 0.15) is 6.04 Å². The van der Waals surface area contributed by atoms with E-state index in [0.717, 1.165) is 0 Å². The highest BCUT2D eigenvalue weighted by Crippen LogP contribution is 2.22. The molecule has 1 aromatic carbocycles. The Labute approximate surface area is 118 Å². The van der Waals surface area contributed by atoms with Gasteiger partial charge in [-0.3, -0.25) is 4.79 Å². The molecule has 0 aliphatic rings. The molecule has 0 radical (unpaired) electrons. The van der Waals surface area contributed by atoms with Gasteiger partial charge >= 0.3 is 5.97 Å². The number of nitrogens with one attached hydrogen (secondary N) is 1. The van der Waals surface area contributed by atoms with Crippen LogP contribution in [0.3, 0.4) is 0 Å². The van der Waals surface area contributed by atoms with E-state index in [-0.39, 0.29) is 4.90 Å². The molecular weight excluding hydrogens is 280 g/mol. The number of hydrogen-bond donors (Lipinski definition) is 2. The Bertz CT molecular complexity index is 636. The fourth-order valence-corrected chi connectivity index (χ4v) is 2.92. The number of nitrogens with zero attached hydrogens (tertiary/aromatic N) is 1. The molecule has 0 heterocycles. The number of rotatable bonds is 4. The third-order valence-corrected chi connectivity index (χ3v) is 4.12. The van der Waals surface area contributed by atoms with Crippen molar-refractivity contribution in [3.05, 3.63) is 29.8 Å². The summed E-state index contributed by atoms with van der Waals surface area (Å²) in [6.07, 6.45) is 0. The number of carboxylic acid groups (broad SMARTS) is 1. The van der Waals surface area contributed by atoms with Crippen LogP contribution in [-0.4, -0.2) is 25.5 Å². The highest BCUT2D eigenvalue weighted by atomic mass is 32.2. The number of benzene rings is 1. The number of carboxylic acids is 1. The lowest BCUT2D eigenvalue weighted by molar-refractivity contribution is -0.141. The zero-order valence-corrected chi connectivity index (χ0v) is 12.2. The Morgan fingerprint density at radius 2 is 1.80 bits per heavy atom. The highest BCUT2D eigenvalue weighted by molar-refractivity contribution is 7.89. The third-order valence-electron chi connectivity index (χ3n) is 2.68. The normalized spacial score (nSPS) is 13.5. The van der Waals surface area contributed by atoms with Crippen LogP contribution in [0.15, 0.2) is 29.2 Å². The largest absolute Gasteiger partial charge is 0.480 e. The van der Waals surface area contributed by atoms with Crippen molar-refractivity contribution >= 4 is 16.0 Å². The van der Waals surface area contributed by atoms with E-state index < -0.39 is 27.4 Å². The van der Waals surface area contributed by atoms with Crippen molar-refractivity contribution in [2.75, 3.05) is 0 Å². The number of hydrogen-bond acceptors (Lipinski definition) is 4. The molecule has 0 saturated heterocycles. The van der Waals surface area contributed by atoms with Crippen LogP contribution in [-0.2, 0) is 14.8 Å². The number of aliphatic carboxylic acids is 1.